The molecule has 1 saturated heterocycles. The minimum absolute atomic E-state index is 0.0504. The lowest BCUT2D eigenvalue weighted by Gasteiger charge is -2.38. The van der Waals surface area contributed by atoms with Crippen molar-refractivity contribution >= 4 is 40.8 Å². The number of benzene rings is 1. The van der Waals surface area contributed by atoms with Crippen LogP contribution in [0.25, 0.3) is 0 Å². The topological polar surface area (TPSA) is 60.9 Å². The van der Waals surface area contributed by atoms with Crippen molar-refractivity contribution in [2.75, 3.05) is 31.1 Å². The predicted octanol–water partition coefficient (Wildman–Crippen LogP) is 3.31. The summed E-state index contributed by atoms with van der Waals surface area (Å²) < 4.78 is 0. The highest BCUT2D eigenvalue weighted by Gasteiger charge is 2.37. The van der Waals surface area contributed by atoms with E-state index in [0.29, 0.717) is 49.1 Å². The number of anilines is 1. The molecule has 134 valence electrons. The summed E-state index contributed by atoms with van der Waals surface area (Å²) in [5.74, 6) is -2.02. The van der Waals surface area contributed by atoms with Gasteiger partial charge in [0.1, 0.15) is 0 Å². The van der Waals surface area contributed by atoms with Crippen LogP contribution in [0.2, 0.25) is 10.0 Å². The largest absolute Gasteiger partial charge is 0.481 e. The van der Waals surface area contributed by atoms with E-state index in [1.54, 1.807) is 11.0 Å². The number of halogens is 2. The number of nitrogens with zero attached hydrogens (tertiary/aromatic N) is 2. The molecule has 1 aliphatic heterocycles. The highest BCUT2D eigenvalue weighted by molar-refractivity contribution is 6.42. The number of carboxylic acid groups (broad SMARTS) is 1. The van der Waals surface area contributed by atoms with E-state index in [-0.39, 0.29) is 5.91 Å². The fraction of sp³-hybridized carbons (Fsp3) is 0.444. The Morgan fingerprint density at radius 3 is 2.20 bits per heavy atom. The molecule has 1 heterocycles. The molecule has 0 bridgehead atoms. The first-order valence-corrected chi connectivity index (χ1v) is 9.09. The SMILES string of the molecule is O=C(O)[C@@H]1CC=CC[C@@H]1C(=O)N1CCN(c2ccc(Cl)c(Cl)c2)CC1. The second-order valence-electron chi connectivity index (χ2n) is 6.40. The molecule has 0 saturated carbocycles. The van der Waals surface area contributed by atoms with Gasteiger partial charge in [-0.05, 0) is 31.0 Å². The van der Waals surface area contributed by atoms with E-state index < -0.39 is 17.8 Å². The molecule has 0 unspecified atom stereocenters. The molecule has 1 aromatic carbocycles. The maximum Gasteiger partial charge on any atom is 0.307 e. The van der Waals surface area contributed by atoms with Gasteiger partial charge in [-0.3, -0.25) is 9.59 Å². The molecule has 1 amide bonds. The number of amides is 1. The Balaban J connectivity index is 1.63. The van der Waals surface area contributed by atoms with Crippen LogP contribution in [0.4, 0.5) is 5.69 Å². The molecule has 2 aliphatic rings. The monoisotopic (exact) mass is 382 g/mol. The molecule has 1 aromatic rings. The van der Waals surface area contributed by atoms with Crippen molar-refractivity contribution in [1.29, 1.82) is 0 Å². The highest BCUT2D eigenvalue weighted by atomic mass is 35.5. The summed E-state index contributed by atoms with van der Waals surface area (Å²) >= 11 is 12.0. The van der Waals surface area contributed by atoms with Crippen molar-refractivity contribution < 1.29 is 14.7 Å². The van der Waals surface area contributed by atoms with Crippen LogP contribution in [0, 0.1) is 11.8 Å². The first-order chi connectivity index (χ1) is 12.0. The zero-order valence-corrected chi connectivity index (χ0v) is 15.2. The Labute approximate surface area is 156 Å². The third-order valence-corrected chi connectivity index (χ3v) is 5.67. The molecule has 0 radical (unpaired) electrons. The van der Waals surface area contributed by atoms with Gasteiger partial charge in [-0.1, -0.05) is 35.4 Å². The lowest BCUT2D eigenvalue weighted by Crippen LogP contribution is -2.52. The number of piperazine rings is 1. The zero-order valence-electron chi connectivity index (χ0n) is 13.7. The lowest BCUT2D eigenvalue weighted by atomic mass is 9.82. The number of allylic oxidation sites excluding steroid dienone is 2. The fourth-order valence-corrected chi connectivity index (χ4v) is 3.75. The van der Waals surface area contributed by atoms with Crippen LogP contribution in [0.3, 0.4) is 0 Å². The molecule has 0 aromatic heterocycles. The minimum Gasteiger partial charge on any atom is -0.481 e. The molecule has 25 heavy (non-hydrogen) atoms. The molecule has 7 heteroatoms. The van der Waals surface area contributed by atoms with Crippen LogP contribution < -0.4 is 4.90 Å². The summed E-state index contributed by atoms with van der Waals surface area (Å²) in [7, 11) is 0. The van der Waals surface area contributed by atoms with Gasteiger partial charge in [0.25, 0.3) is 0 Å². The van der Waals surface area contributed by atoms with E-state index in [0.717, 1.165) is 5.69 Å². The average Bonchev–Trinajstić information content (AvgIpc) is 2.63. The van der Waals surface area contributed by atoms with Gasteiger partial charge in [-0.2, -0.15) is 0 Å². The van der Waals surface area contributed by atoms with Gasteiger partial charge in [0, 0.05) is 31.9 Å². The van der Waals surface area contributed by atoms with Crippen LogP contribution in [0.15, 0.2) is 30.4 Å². The van der Waals surface area contributed by atoms with Crippen molar-refractivity contribution in [2.24, 2.45) is 11.8 Å². The number of aliphatic carboxylic acids is 1. The maximum atomic E-state index is 12.8. The van der Waals surface area contributed by atoms with Crippen molar-refractivity contribution in [3.05, 3.63) is 40.4 Å². The van der Waals surface area contributed by atoms with Crippen LogP contribution >= 0.6 is 23.2 Å². The summed E-state index contributed by atoms with van der Waals surface area (Å²) in [5, 5.41) is 10.4. The summed E-state index contributed by atoms with van der Waals surface area (Å²) in [4.78, 5) is 28.1. The van der Waals surface area contributed by atoms with Gasteiger partial charge >= 0.3 is 5.97 Å². The second kappa shape index (κ2) is 7.67. The maximum absolute atomic E-state index is 12.8. The van der Waals surface area contributed by atoms with Gasteiger partial charge in [0.15, 0.2) is 0 Å². The first-order valence-electron chi connectivity index (χ1n) is 8.34. The Kier molecular flexibility index (Phi) is 5.54. The predicted molar refractivity (Wildman–Crippen MR) is 98.2 cm³/mol. The Morgan fingerprint density at radius 1 is 0.960 bits per heavy atom. The standard InChI is InChI=1S/C18H20Cl2N2O3/c19-15-6-5-12(11-16(15)20)21-7-9-22(10-8-21)17(23)13-3-1-2-4-14(13)18(24)25/h1-2,5-6,11,13-14H,3-4,7-10H2,(H,24,25)/t13-,14+/m0/s1. The third kappa shape index (κ3) is 3.93. The molecule has 1 fully saturated rings. The average molecular weight is 383 g/mol. The Bertz CT molecular complexity index is 700. The molecule has 2 atom stereocenters. The number of hydrogen-bond donors (Lipinski definition) is 1. The van der Waals surface area contributed by atoms with Crippen LogP contribution in [0.1, 0.15) is 12.8 Å². The van der Waals surface area contributed by atoms with Crippen LogP contribution in [-0.4, -0.2) is 48.1 Å². The van der Waals surface area contributed by atoms with E-state index >= 15 is 0 Å². The normalized spacial score (nSPS) is 23.6. The molecule has 1 N–H and O–H groups in total. The van der Waals surface area contributed by atoms with Gasteiger partial charge in [-0.25, -0.2) is 0 Å². The summed E-state index contributed by atoms with van der Waals surface area (Å²) in [6, 6.07) is 5.51. The summed E-state index contributed by atoms with van der Waals surface area (Å²) in [5.41, 5.74) is 0.977. The number of carboxylic acids is 1. The van der Waals surface area contributed by atoms with E-state index in [2.05, 4.69) is 4.90 Å². The van der Waals surface area contributed by atoms with Gasteiger partial charge in [0.2, 0.25) is 5.91 Å². The molecular formula is C18H20Cl2N2O3. The first kappa shape index (κ1) is 18.1. The number of carbonyl (C=O) groups is 2. The summed E-state index contributed by atoms with van der Waals surface area (Å²) in [6.45, 7) is 2.52. The van der Waals surface area contributed by atoms with E-state index in [1.165, 1.54) is 0 Å². The lowest BCUT2D eigenvalue weighted by molar-refractivity contribution is -0.150. The number of rotatable bonds is 3. The van der Waals surface area contributed by atoms with Crippen molar-refractivity contribution in [1.82, 2.24) is 4.90 Å². The molecule has 0 spiro atoms. The zero-order chi connectivity index (χ0) is 18.0. The van der Waals surface area contributed by atoms with Gasteiger partial charge < -0.3 is 14.9 Å². The number of carbonyl (C=O) groups excluding carboxylic acids is 1. The van der Waals surface area contributed by atoms with Crippen molar-refractivity contribution in [3.8, 4) is 0 Å². The second-order valence-corrected chi connectivity index (χ2v) is 7.22. The number of hydrogen-bond acceptors (Lipinski definition) is 3. The summed E-state index contributed by atoms with van der Waals surface area (Å²) in [6.07, 6.45) is 4.69. The van der Waals surface area contributed by atoms with Crippen molar-refractivity contribution in [2.45, 2.75) is 12.8 Å². The molecular weight excluding hydrogens is 363 g/mol. The van der Waals surface area contributed by atoms with E-state index in [4.69, 9.17) is 23.2 Å². The third-order valence-electron chi connectivity index (χ3n) is 4.93. The van der Waals surface area contributed by atoms with Crippen molar-refractivity contribution in [3.63, 3.8) is 0 Å². The Hall–Kier alpha value is -1.72. The van der Waals surface area contributed by atoms with Crippen LogP contribution in [-0.2, 0) is 9.59 Å². The molecule has 1 aliphatic carbocycles. The molecule has 5 nitrogen and oxygen atoms in total. The Morgan fingerprint density at radius 2 is 1.60 bits per heavy atom. The highest BCUT2D eigenvalue weighted by Crippen LogP contribution is 2.30. The van der Waals surface area contributed by atoms with E-state index in [9.17, 15) is 14.7 Å². The fourth-order valence-electron chi connectivity index (χ4n) is 3.46. The smallest absolute Gasteiger partial charge is 0.307 e. The van der Waals surface area contributed by atoms with Gasteiger partial charge in [-0.15, -0.1) is 0 Å². The minimum atomic E-state index is -0.892. The quantitative estimate of drug-likeness (QED) is 0.814. The molecule has 3 rings (SSSR count). The van der Waals surface area contributed by atoms with Crippen LogP contribution in [0.5, 0.6) is 0 Å². The van der Waals surface area contributed by atoms with Gasteiger partial charge in [0.05, 0.1) is 21.9 Å². The van der Waals surface area contributed by atoms with E-state index in [1.807, 2.05) is 24.3 Å².